The topological polar surface area (TPSA) is 59.0 Å². The molecule has 2 aromatic heterocycles. The van der Waals surface area contributed by atoms with Gasteiger partial charge in [-0.15, -0.1) is 11.3 Å². The van der Waals surface area contributed by atoms with Gasteiger partial charge in [0.15, 0.2) is 10.0 Å². The fourth-order valence-electron chi connectivity index (χ4n) is 3.34. The zero-order chi connectivity index (χ0) is 16.8. The predicted octanol–water partition coefficient (Wildman–Crippen LogP) is 2.69. The van der Waals surface area contributed by atoms with Crippen LogP contribution in [0, 0.1) is 0 Å². The van der Waals surface area contributed by atoms with Gasteiger partial charge in [0, 0.05) is 12.6 Å². The van der Waals surface area contributed by atoms with Crippen molar-refractivity contribution in [1.82, 2.24) is 9.55 Å². The molecular weight excluding hydrogens is 346 g/mol. The quantitative estimate of drug-likeness (QED) is 0.715. The minimum atomic E-state index is -0.187. The van der Waals surface area contributed by atoms with Gasteiger partial charge in [-0.2, -0.15) is 9.13 Å². The Bertz CT molecular complexity index is 981. The van der Waals surface area contributed by atoms with E-state index in [4.69, 9.17) is 11.6 Å². The smallest absolute Gasteiger partial charge is 0.349 e. The molecule has 1 aliphatic heterocycles. The Morgan fingerprint density at radius 2 is 2.12 bits per heavy atom. The molecule has 0 bridgehead atoms. The van der Waals surface area contributed by atoms with E-state index in [1.807, 2.05) is 34.9 Å². The van der Waals surface area contributed by atoms with Gasteiger partial charge in [-0.3, -0.25) is 0 Å². The van der Waals surface area contributed by atoms with Crippen LogP contribution in [0.2, 0.25) is 4.47 Å². The third-order valence-electron chi connectivity index (χ3n) is 4.47. The van der Waals surface area contributed by atoms with Crippen LogP contribution in [0.3, 0.4) is 0 Å². The summed E-state index contributed by atoms with van der Waals surface area (Å²) < 4.78 is 3.95. The van der Waals surface area contributed by atoms with Crippen LogP contribution in [0.15, 0.2) is 41.3 Å². The van der Waals surface area contributed by atoms with E-state index in [2.05, 4.69) is 4.98 Å². The zero-order valence-corrected chi connectivity index (χ0v) is 14.5. The first kappa shape index (κ1) is 15.4. The Morgan fingerprint density at radius 1 is 1.38 bits per heavy atom. The number of thiazole rings is 1. The van der Waals surface area contributed by atoms with Crippen LogP contribution >= 0.6 is 22.9 Å². The summed E-state index contributed by atoms with van der Waals surface area (Å²) in [6.45, 7) is 0. The maximum Gasteiger partial charge on any atom is 0.349 e. The van der Waals surface area contributed by atoms with Gasteiger partial charge < -0.3 is 5.11 Å². The molecule has 0 radical (unpaired) electrons. The van der Waals surface area contributed by atoms with Gasteiger partial charge >= 0.3 is 5.56 Å². The summed E-state index contributed by atoms with van der Waals surface area (Å²) >= 11 is 7.37. The average Bonchev–Trinajstić information content (AvgIpc) is 3.20. The van der Waals surface area contributed by atoms with Crippen molar-refractivity contribution in [3.8, 4) is 17.0 Å². The molecule has 0 aliphatic carbocycles. The van der Waals surface area contributed by atoms with Gasteiger partial charge in [-0.25, -0.2) is 9.78 Å². The molecule has 1 atom stereocenters. The minimum Gasteiger partial charge on any atom is -0.477 e. The summed E-state index contributed by atoms with van der Waals surface area (Å²) in [6, 6.07) is 9.19. The normalized spacial score (nSPS) is 16.3. The maximum absolute atomic E-state index is 12.8. The average molecular weight is 361 g/mol. The van der Waals surface area contributed by atoms with Gasteiger partial charge in [0.2, 0.25) is 0 Å². The van der Waals surface area contributed by atoms with E-state index in [9.17, 15) is 9.90 Å². The number of rotatable bonds is 2. The van der Waals surface area contributed by atoms with Gasteiger partial charge in [0.05, 0.1) is 18.3 Å². The fraction of sp³-hybridized carbons (Fsp3) is 0.235. The number of hydrogen-bond acceptors (Lipinski definition) is 4. The maximum atomic E-state index is 12.8. The van der Waals surface area contributed by atoms with Gasteiger partial charge in [-0.1, -0.05) is 41.9 Å². The third kappa shape index (κ3) is 2.25. The summed E-state index contributed by atoms with van der Waals surface area (Å²) in [5.41, 5.74) is 0.844. The number of hydrogen-bond donors (Lipinski definition) is 1. The molecule has 24 heavy (non-hydrogen) atoms. The molecule has 5 nitrogen and oxygen atoms in total. The van der Waals surface area contributed by atoms with Crippen LogP contribution < -0.4 is 10.1 Å². The number of aromatic hydroxyl groups is 1. The van der Waals surface area contributed by atoms with Crippen molar-refractivity contribution >= 4 is 22.9 Å². The van der Waals surface area contributed by atoms with Crippen LogP contribution in [-0.4, -0.2) is 14.7 Å². The van der Waals surface area contributed by atoms with Gasteiger partial charge in [0.25, 0.3) is 11.7 Å². The summed E-state index contributed by atoms with van der Waals surface area (Å²) in [7, 11) is 1.75. The Hall–Kier alpha value is -2.18. The SMILES string of the molecule is Cn1c2[n+](c(O)c(-c3ccccc3)c1=O)[C@H](c1cnc(Cl)s1)CC2. The molecule has 4 rings (SSSR count). The molecule has 0 spiro atoms. The van der Waals surface area contributed by atoms with E-state index in [-0.39, 0.29) is 17.5 Å². The third-order valence-corrected chi connectivity index (χ3v) is 5.69. The van der Waals surface area contributed by atoms with E-state index in [1.165, 1.54) is 11.3 Å². The highest BCUT2D eigenvalue weighted by atomic mass is 35.5. The van der Waals surface area contributed by atoms with Crippen molar-refractivity contribution in [1.29, 1.82) is 0 Å². The summed E-state index contributed by atoms with van der Waals surface area (Å²) in [6.07, 6.45) is 3.26. The number of halogens is 1. The first-order valence-corrected chi connectivity index (χ1v) is 8.80. The van der Waals surface area contributed by atoms with Crippen LogP contribution in [-0.2, 0) is 13.5 Å². The monoisotopic (exact) mass is 360 g/mol. The predicted molar refractivity (Wildman–Crippen MR) is 92.6 cm³/mol. The molecule has 3 heterocycles. The second-order valence-corrected chi connectivity index (χ2v) is 7.43. The van der Waals surface area contributed by atoms with Gasteiger partial charge in [0.1, 0.15) is 6.04 Å². The van der Waals surface area contributed by atoms with E-state index in [1.54, 1.807) is 17.8 Å². The highest BCUT2D eigenvalue weighted by molar-refractivity contribution is 7.15. The van der Waals surface area contributed by atoms with Crippen LogP contribution in [0.25, 0.3) is 11.1 Å². The number of benzene rings is 1. The molecule has 1 N–H and O–H groups in total. The molecule has 7 heteroatoms. The lowest BCUT2D eigenvalue weighted by atomic mass is 10.1. The van der Waals surface area contributed by atoms with Crippen molar-refractivity contribution < 1.29 is 9.67 Å². The van der Waals surface area contributed by atoms with E-state index in [0.717, 1.165) is 17.1 Å². The standard InChI is InChI=1S/C17H14ClN3O2S/c1-20-13-8-7-11(12-9-19-17(18)24-12)21(13)16(23)14(15(20)22)10-5-3-2-4-6-10/h2-6,9,11H,7-8H2,1H3/p+1/t11-/m0/s1. The second kappa shape index (κ2) is 5.72. The van der Waals surface area contributed by atoms with Crippen molar-refractivity contribution in [2.75, 3.05) is 0 Å². The molecule has 1 aliphatic rings. The minimum absolute atomic E-state index is 0.00585. The number of aromatic nitrogens is 3. The lowest BCUT2D eigenvalue weighted by Crippen LogP contribution is -2.45. The lowest BCUT2D eigenvalue weighted by molar-refractivity contribution is -0.715. The first-order chi connectivity index (χ1) is 11.6. The summed E-state index contributed by atoms with van der Waals surface area (Å²) in [4.78, 5) is 17.8. The molecule has 0 saturated carbocycles. The van der Waals surface area contributed by atoms with Crippen molar-refractivity contribution in [2.24, 2.45) is 7.05 Å². The molecule has 1 aromatic carbocycles. The molecule has 0 fully saturated rings. The van der Waals surface area contributed by atoms with Crippen LogP contribution in [0.5, 0.6) is 5.88 Å². The van der Waals surface area contributed by atoms with E-state index in [0.29, 0.717) is 22.0 Å². The molecule has 0 saturated heterocycles. The van der Waals surface area contributed by atoms with Crippen LogP contribution in [0.1, 0.15) is 23.2 Å². The molecule has 3 aromatic rings. The van der Waals surface area contributed by atoms with E-state index >= 15 is 0 Å². The highest BCUT2D eigenvalue weighted by Crippen LogP contribution is 2.34. The Kier molecular flexibility index (Phi) is 3.66. The lowest BCUT2D eigenvalue weighted by Gasteiger charge is -2.12. The van der Waals surface area contributed by atoms with Crippen molar-refractivity contribution in [3.05, 3.63) is 62.1 Å². The van der Waals surface area contributed by atoms with Crippen LogP contribution in [0.4, 0.5) is 0 Å². The molecular formula is C17H15ClN3O2S+. The first-order valence-electron chi connectivity index (χ1n) is 7.61. The Morgan fingerprint density at radius 3 is 2.79 bits per heavy atom. The highest BCUT2D eigenvalue weighted by Gasteiger charge is 2.38. The molecule has 0 amide bonds. The molecule has 122 valence electrons. The largest absolute Gasteiger partial charge is 0.477 e. The number of fused-ring (bicyclic) bond motifs is 1. The van der Waals surface area contributed by atoms with E-state index < -0.39 is 0 Å². The second-order valence-electron chi connectivity index (χ2n) is 5.79. The van der Waals surface area contributed by atoms with Crippen molar-refractivity contribution in [2.45, 2.75) is 18.9 Å². The van der Waals surface area contributed by atoms with Crippen molar-refractivity contribution in [3.63, 3.8) is 0 Å². The summed E-state index contributed by atoms with van der Waals surface area (Å²) in [5.74, 6) is 0.818. The fourth-order valence-corrected chi connectivity index (χ4v) is 4.42. The molecule has 0 unspecified atom stereocenters. The van der Waals surface area contributed by atoms with Gasteiger partial charge in [-0.05, 0) is 5.56 Å². The Labute approximate surface area is 147 Å². The summed E-state index contributed by atoms with van der Waals surface area (Å²) in [5, 5.41) is 10.9. The number of nitrogens with zero attached hydrogens (tertiary/aromatic N) is 3. The Balaban J connectivity index is 1.97. The zero-order valence-electron chi connectivity index (χ0n) is 12.9.